The molecule has 0 aliphatic carbocycles. The fourth-order valence-corrected chi connectivity index (χ4v) is 3.21. The van der Waals surface area contributed by atoms with Gasteiger partial charge >= 0.3 is 0 Å². The molecule has 1 N–H and O–H groups in total. The fraction of sp³-hybridized carbons (Fsp3) is 0.435. The van der Waals surface area contributed by atoms with Gasteiger partial charge in [-0.25, -0.2) is 0 Å². The Kier molecular flexibility index (Phi) is 9.27. The second-order valence-electron chi connectivity index (χ2n) is 6.74. The van der Waals surface area contributed by atoms with Gasteiger partial charge in [-0.05, 0) is 39.1 Å². The molecule has 2 aromatic carbocycles. The van der Waals surface area contributed by atoms with Crippen molar-refractivity contribution in [1.29, 1.82) is 0 Å². The molecule has 0 aliphatic rings. The molecule has 0 unspecified atom stereocenters. The van der Waals surface area contributed by atoms with Crippen LogP contribution in [0.4, 0.5) is 5.69 Å². The molecule has 0 aliphatic heterocycles. The minimum absolute atomic E-state index is 0.169. The van der Waals surface area contributed by atoms with Crippen molar-refractivity contribution in [2.45, 2.75) is 20.4 Å². The first kappa shape index (κ1) is 24.1. The summed E-state index contributed by atoms with van der Waals surface area (Å²) in [4.78, 5) is 14.6. The summed E-state index contributed by atoms with van der Waals surface area (Å²) in [5, 5.41) is 2.92. The monoisotopic (exact) mass is 432 g/mol. The quantitative estimate of drug-likeness (QED) is 0.549. The Morgan fingerprint density at radius 1 is 0.903 bits per heavy atom. The van der Waals surface area contributed by atoms with Gasteiger partial charge in [-0.2, -0.15) is 0 Å². The van der Waals surface area contributed by atoms with Gasteiger partial charge < -0.3 is 29.0 Å². The van der Waals surface area contributed by atoms with E-state index in [0.717, 1.165) is 5.56 Å². The van der Waals surface area contributed by atoms with Gasteiger partial charge in [0.25, 0.3) is 0 Å². The lowest BCUT2D eigenvalue weighted by Crippen LogP contribution is -2.30. The summed E-state index contributed by atoms with van der Waals surface area (Å²) >= 11 is 0. The number of amides is 1. The molecule has 8 heteroatoms. The van der Waals surface area contributed by atoms with Crippen molar-refractivity contribution in [2.24, 2.45) is 0 Å². The highest BCUT2D eigenvalue weighted by atomic mass is 16.5. The first-order chi connectivity index (χ1) is 15.0. The van der Waals surface area contributed by atoms with Crippen molar-refractivity contribution in [3.8, 4) is 28.7 Å². The molecule has 1 amide bonds. The zero-order chi connectivity index (χ0) is 22.8. The Bertz CT molecular complexity index is 871. The molecular formula is C23H32N2O6. The number of rotatable bonds is 12. The van der Waals surface area contributed by atoms with Crippen LogP contribution < -0.4 is 29.0 Å². The number of anilines is 1. The molecule has 0 saturated heterocycles. The Hall–Kier alpha value is -3.13. The minimum Gasteiger partial charge on any atom is -0.494 e. The Morgan fingerprint density at radius 2 is 1.58 bits per heavy atom. The van der Waals surface area contributed by atoms with Crippen molar-refractivity contribution < 1.29 is 28.5 Å². The zero-order valence-electron chi connectivity index (χ0n) is 19.1. The van der Waals surface area contributed by atoms with Crippen LogP contribution in [0, 0.1) is 0 Å². The SMILES string of the molecule is CCOc1ccc(OCC)c(NC(=O)CN(C)Cc2ccc(OC)c(OC)c2OC)c1. The Morgan fingerprint density at radius 3 is 2.19 bits per heavy atom. The van der Waals surface area contributed by atoms with Crippen molar-refractivity contribution in [3.63, 3.8) is 0 Å². The van der Waals surface area contributed by atoms with Gasteiger partial charge in [0.15, 0.2) is 11.5 Å². The van der Waals surface area contributed by atoms with Crippen LogP contribution in [-0.4, -0.2) is 58.9 Å². The first-order valence-electron chi connectivity index (χ1n) is 10.1. The topological polar surface area (TPSA) is 78.5 Å². The molecule has 0 spiro atoms. The van der Waals surface area contributed by atoms with Crippen LogP contribution in [-0.2, 0) is 11.3 Å². The zero-order valence-corrected chi connectivity index (χ0v) is 19.1. The van der Waals surface area contributed by atoms with Crippen molar-refractivity contribution >= 4 is 11.6 Å². The normalized spacial score (nSPS) is 10.5. The number of hydrogen-bond donors (Lipinski definition) is 1. The predicted molar refractivity (Wildman–Crippen MR) is 120 cm³/mol. The van der Waals surface area contributed by atoms with Gasteiger partial charge in [0.1, 0.15) is 11.5 Å². The van der Waals surface area contributed by atoms with Gasteiger partial charge in [-0.1, -0.05) is 6.07 Å². The molecule has 0 heterocycles. The lowest BCUT2D eigenvalue weighted by molar-refractivity contribution is -0.117. The van der Waals surface area contributed by atoms with Gasteiger partial charge in [-0.3, -0.25) is 9.69 Å². The van der Waals surface area contributed by atoms with E-state index >= 15 is 0 Å². The average molecular weight is 433 g/mol. The van der Waals surface area contributed by atoms with E-state index in [-0.39, 0.29) is 12.5 Å². The smallest absolute Gasteiger partial charge is 0.238 e. The molecule has 0 atom stereocenters. The van der Waals surface area contributed by atoms with Crippen molar-refractivity contribution in [3.05, 3.63) is 35.9 Å². The molecular weight excluding hydrogens is 400 g/mol. The third-order valence-corrected chi connectivity index (χ3v) is 4.48. The average Bonchev–Trinajstić information content (AvgIpc) is 2.75. The molecule has 2 aromatic rings. The highest BCUT2D eigenvalue weighted by molar-refractivity contribution is 5.94. The summed E-state index contributed by atoms with van der Waals surface area (Å²) in [7, 11) is 6.57. The second-order valence-corrected chi connectivity index (χ2v) is 6.74. The Balaban J connectivity index is 2.11. The van der Waals surface area contributed by atoms with E-state index in [4.69, 9.17) is 23.7 Å². The molecule has 31 heavy (non-hydrogen) atoms. The summed E-state index contributed by atoms with van der Waals surface area (Å²) in [5.74, 6) is 2.79. The lowest BCUT2D eigenvalue weighted by Gasteiger charge is -2.21. The van der Waals surface area contributed by atoms with Gasteiger partial charge in [0, 0.05) is 18.2 Å². The van der Waals surface area contributed by atoms with Crippen molar-refractivity contribution in [1.82, 2.24) is 4.90 Å². The maximum Gasteiger partial charge on any atom is 0.238 e. The largest absolute Gasteiger partial charge is 0.494 e. The van der Waals surface area contributed by atoms with E-state index in [1.165, 1.54) is 0 Å². The molecule has 8 nitrogen and oxygen atoms in total. The number of benzene rings is 2. The maximum atomic E-state index is 12.7. The number of carbonyl (C=O) groups excluding carboxylic acids is 1. The summed E-state index contributed by atoms with van der Waals surface area (Å²) in [5.41, 5.74) is 1.46. The number of hydrogen-bond acceptors (Lipinski definition) is 7. The summed E-state index contributed by atoms with van der Waals surface area (Å²) < 4.78 is 27.4. The summed E-state index contributed by atoms with van der Waals surface area (Å²) in [6.45, 7) is 5.49. The molecule has 0 bridgehead atoms. The van der Waals surface area contributed by atoms with Crippen LogP contribution in [0.2, 0.25) is 0 Å². The highest BCUT2D eigenvalue weighted by Crippen LogP contribution is 2.40. The van der Waals surface area contributed by atoms with E-state index in [9.17, 15) is 4.79 Å². The van der Waals surface area contributed by atoms with Gasteiger partial charge in [-0.15, -0.1) is 0 Å². The Labute approximate surface area is 184 Å². The van der Waals surface area contributed by atoms with E-state index in [1.54, 1.807) is 33.5 Å². The third-order valence-electron chi connectivity index (χ3n) is 4.48. The van der Waals surface area contributed by atoms with Crippen LogP contribution in [0.1, 0.15) is 19.4 Å². The minimum atomic E-state index is -0.170. The molecule has 0 saturated carbocycles. The van der Waals surface area contributed by atoms with Crippen LogP contribution in [0.5, 0.6) is 28.7 Å². The van der Waals surface area contributed by atoms with Gasteiger partial charge in [0.05, 0.1) is 46.8 Å². The molecule has 0 aromatic heterocycles. The molecule has 0 radical (unpaired) electrons. The van der Waals surface area contributed by atoms with Crippen molar-refractivity contribution in [2.75, 3.05) is 53.5 Å². The van der Waals surface area contributed by atoms with Gasteiger partial charge in [0.2, 0.25) is 11.7 Å². The van der Waals surface area contributed by atoms with Crippen LogP contribution in [0.25, 0.3) is 0 Å². The highest BCUT2D eigenvalue weighted by Gasteiger charge is 2.18. The summed E-state index contributed by atoms with van der Waals surface area (Å²) in [6.07, 6.45) is 0. The maximum absolute atomic E-state index is 12.7. The lowest BCUT2D eigenvalue weighted by atomic mass is 10.1. The predicted octanol–water partition coefficient (Wildman–Crippen LogP) is 3.58. The molecule has 2 rings (SSSR count). The number of carbonyl (C=O) groups is 1. The first-order valence-corrected chi connectivity index (χ1v) is 10.1. The van der Waals surface area contributed by atoms with Crippen LogP contribution >= 0.6 is 0 Å². The number of nitrogens with zero attached hydrogens (tertiary/aromatic N) is 1. The van der Waals surface area contributed by atoms with E-state index < -0.39 is 0 Å². The molecule has 0 fully saturated rings. The van der Waals surface area contributed by atoms with Crippen LogP contribution in [0.3, 0.4) is 0 Å². The third kappa shape index (κ3) is 6.42. The standard InChI is InChI=1S/C23H32N2O6/c1-7-30-17-10-12-19(31-8-2)18(13-17)24-21(26)15-25(3)14-16-9-11-20(27-4)23(29-6)22(16)28-5/h9-13H,7-8,14-15H2,1-6H3,(H,24,26). The summed E-state index contributed by atoms with van der Waals surface area (Å²) in [6, 6.07) is 9.09. The van der Waals surface area contributed by atoms with E-state index in [2.05, 4.69) is 5.32 Å². The number of likely N-dealkylation sites (N-methyl/N-ethyl adjacent to an activating group) is 1. The van der Waals surface area contributed by atoms with E-state index in [0.29, 0.717) is 54.2 Å². The molecule has 170 valence electrons. The van der Waals surface area contributed by atoms with Crippen LogP contribution in [0.15, 0.2) is 30.3 Å². The fourth-order valence-electron chi connectivity index (χ4n) is 3.21. The second kappa shape index (κ2) is 11.9. The number of methoxy groups -OCH3 is 3. The number of ether oxygens (including phenoxy) is 5. The van der Waals surface area contributed by atoms with E-state index in [1.807, 2.05) is 44.0 Å². The number of nitrogens with one attached hydrogen (secondary N) is 1.